The number of esters is 1. The van der Waals surface area contributed by atoms with Crippen molar-refractivity contribution in [3.63, 3.8) is 0 Å². The first-order valence-electron chi connectivity index (χ1n) is 33.2. The van der Waals surface area contributed by atoms with E-state index < -0.39 is 12.1 Å². The number of allylic oxidation sites excluding steroid dienone is 6. The predicted molar refractivity (Wildman–Crippen MR) is 324 cm³/mol. The molecule has 0 bridgehead atoms. The molecule has 0 aliphatic heterocycles. The predicted octanol–water partition coefficient (Wildman–Crippen LogP) is 21.1. The summed E-state index contributed by atoms with van der Waals surface area (Å²) < 4.78 is 5.47. The molecule has 2 unspecified atom stereocenters. The van der Waals surface area contributed by atoms with Gasteiger partial charge >= 0.3 is 5.97 Å². The molecule has 74 heavy (non-hydrogen) atoms. The van der Waals surface area contributed by atoms with Crippen LogP contribution in [0, 0.1) is 0 Å². The van der Waals surface area contributed by atoms with Crippen LogP contribution in [0.25, 0.3) is 0 Å². The van der Waals surface area contributed by atoms with Gasteiger partial charge in [-0.3, -0.25) is 9.59 Å². The summed E-state index contributed by atoms with van der Waals surface area (Å²) in [5.74, 6) is -0.0417. The van der Waals surface area contributed by atoms with E-state index in [9.17, 15) is 19.8 Å². The minimum atomic E-state index is -0.670. The molecule has 0 saturated heterocycles. The van der Waals surface area contributed by atoms with Gasteiger partial charge in [-0.25, -0.2) is 0 Å². The Hall–Kier alpha value is -1.92. The lowest BCUT2D eigenvalue weighted by Crippen LogP contribution is -2.45. The maximum absolute atomic E-state index is 12.5. The molecule has 436 valence electrons. The van der Waals surface area contributed by atoms with Crippen molar-refractivity contribution >= 4 is 11.9 Å². The topological polar surface area (TPSA) is 95.9 Å². The fourth-order valence-corrected chi connectivity index (χ4v) is 10.3. The van der Waals surface area contributed by atoms with E-state index in [0.717, 1.165) is 51.4 Å². The molecule has 6 heteroatoms. The van der Waals surface area contributed by atoms with Crippen molar-refractivity contribution in [1.82, 2.24) is 5.32 Å². The van der Waals surface area contributed by atoms with Crippen LogP contribution in [0.5, 0.6) is 0 Å². The summed E-state index contributed by atoms with van der Waals surface area (Å²) in [7, 11) is 0. The van der Waals surface area contributed by atoms with Gasteiger partial charge in [0.05, 0.1) is 25.4 Å². The van der Waals surface area contributed by atoms with Crippen LogP contribution in [-0.2, 0) is 14.3 Å². The normalized spacial score (nSPS) is 12.8. The van der Waals surface area contributed by atoms with Crippen LogP contribution in [0.4, 0.5) is 0 Å². The summed E-state index contributed by atoms with van der Waals surface area (Å²) in [5, 5.41) is 23.4. The number of carbonyl (C=O) groups is 2. The van der Waals surface area contributed by atoms with Gasteiger partial charge in [0.25, 0.3) is 0 Å². The maximum Gasteiger partial charge on any atom is 0.305 e. The quantitative estimate of drug-likeness (QED) is 0.0320. The van der Waals surface area contributed by atoms with Gasteiger partial charge in [-0.1, -0.05) is 307 Å². The molecule has 0 saturated carbocycles. The van der Waals surface area contributed by atoms with E-state index in [1.54, 1.807) is 0 Å². The molecule has 0 heterocycles. The van der Waals surface area contributed by atoms with Gasteiger partial charge in [-0.15, -0.1) is 0 Å². The lowest BCUT2D eigenvalue weighted by molar-refractivity contribution is -0.143. The third-order valence-electron chi connectivity index (χ3n) is 15.4. The van der Waals surface area contributed by atoms with Crippen LogP contribution >= 0.6 is 0 Å². The van der Waals surface area contributed by atoms with Crippen LogP contribution in [0.3, 0.4) is 0 Å². The molecule has 0 aliphatic carbocycles. The number of hydrogen-bond donors (Lipinski definition) is 3. The first kappa shape index (κ1) is 72.1. The summed E-state index contributed by atoms with van der Waals surface area (Å²) in [5.41, 5.74) is 0. The number of hydrogen-bond acceptors (Lipinski definition) is 5. The summed E-state index contributed by atoms with van der Waals surface area (Å²) in [6, 6.07) is -0.547. The summed E-state index contributed by atoms with van der Waals surface area (Å²) >= 11 is 0. The van der Waals surface area contributed by atoms with Crippen LogP contribution in [-0.4, -0.2) is 47.4 Å². The van der Waals surface area contributed by atoms with Crippen molar-refractivity contribution in [1.29, 1.82) is 0 Å². The monoisotopic (exact) mass is 1040 g/mol. The number of amides is 1. The Morgan fingerprint density at radius 3 is 1.09 bits per heavy atom. The second-order valence-electron chi connectivity index (χ2n) is 22.8. The van der Waals surface area contributed by atoms with E-state index in [1.165, 1.54) is 276 Å². The van der Waals surface area contributed by atoms with E-state index in [-0.39, 0.29) is 18.5 Å². The molecule has 0 aromatic rings. The average Bonchev–Trinajstić information content (AvgIpc) is 3.40. The highest BCUT2D eigenvalue weighted by molar-refractivity contribution is 5.76. The Kier molecular flexibility index (Phi) is 62.0. The molecule has 6 nitrogen and oxygen atoms in total. The molecular weight excluding hydrogens is 911 g/mol. The van der Waals surface area contributed by atoms with E-state index in [0.29, 0.717) is 25.9 Å². The number of aliphatic hydroxyl groups is 2. The molecule has 0 spiro atoms. The molecule has 0 radical (unpaired) electrons. The van der Waals surface area contributed by atoms with Crippen molar-refractivity contribution in [2.45, 2.75) is 373 Å². The first-order chi connectivity index (χ1) is 36.5. The van der Waals surface area contributed by atoms with E-state index >= 15 is 0 Å². The molecule has 0 fully saturated rings. The molecule has 0 aliphatic rings. The lowest BCUT2D eigenvalue weighted by atomic mass is 10.0. The fourth-order valence-electron chi connectivity index (χ4n) is 10.3. The summed E-state index contributed by atoms with van der Waals surface area (Å²) in [6.07, 6.45) is 80.3. The SMILES string of the molecule is CCC/C=C\C/C=C\CCCCCCCC(=O)OCCCCCCCCCCCCCC/C=C\CCCCCCCCCC(=O)NC(CO)C(O)CCCCCCCCCCCCCCCCCCCCCCC. The van der Waals surface area contributed by atoms with Gasteiger partial charge in [0.2, 0.25) is 5.91 Å². The average molecular weight is 1040 g/mol. The summed E-state index contributed by atoms with van der Waals surface area (Å²) in [4.78, 5) is 24.6. The lowest BCUT2D eigenvalue weighted by Gasteiger charge is -2.22. The molecule has 0 rings (SSSR count). The van der Waals surface area contributed by atoms with Crippen molar-refractivity contribution < 1.29 is 24.5 Å². The number of ether oxygens (including phenoxy) is 1. The number of carbonyl (C=O) groups excluding carboxylic acids is 2. The summed E-state index contributed by atoms with van der Waals surface area (Å²) in [6.45, 7) is 4.90. The van der Waals surface area contributed by atoms with Crippen molar-refractivity contribution in [2.75, 3.05) is 13.2 Å². The number of rotatable bonds is 62. The van der Waals surface area contributed by atoms with Crippen LogP contribution in [0.15, 0.2) is 36.5 Å². The third-order valence-corrected chi connectivity index (χ3v) is 15.4. The smallest absolute Gasteiger partial charge is 0.305 e. The first-order valence-corrected chi connectivity index (χ1v) is 33.2. The van der Waals surface area contributed by atoms with Gasteiger partial charge in [-0.2, -0.15) is 0 Å². The zero-order valence-corrected chi connectivity index (χ0v) is 49.8. The number of aliphatic hydroxyl groups excluding tert-OH is 2. The highest BCUT2D eigenvalue weighted by Crippen LogP contribution is 2.18. The third kappa shape index (κ3) is 59.3. The molecule has 2 atom stereocenters. The van der Waals surface area contributed by atoms with E-state index in [2.05, 4.69) is 55.6 Å². The van der Waals surface area contributed by atoms with Gasteiger partial charge in [0.1, 0.15) is 0 Å². The van der Waals surface area contributed by atoms with Gasteiger partial charge < -0.3 is 20.3 Å². The molecule has 3 N–H and O–H groups in total. The van der Waals surface area contributed by atoms with Crippen LogP contribution in [0.2, 0.25) is 0 Å². The Bertz CT molecular complexity index is 1200. The minimum Gasteiger partial charge on any atom is -0.466 e. The van der Waals surface area contributed by atoms with Crippen molar-refractivity contribution in [3.05, 3.63) is 36.5 Å². The highest BCUT2D eigenvalue weighted by atomic mass is 16.5. The maximum atomic E-state index is 12.5. The largest absolute Gasteiger partial charge is 0.466 e. The van der Waals surface area contributed by atoms with E-state index in [4.69, 9.17) is 4.74 Å². The Morgan fingerprint density at radius 1 is 0.378 bits per heavy atom. The second-order valence-corrected chi connectivity index (χ2v) is 22.8. The number of nitrogens with one attached hydrogen (secondary N) is 1. The van der Waals surface area contributed by atoms with Gasteiger partial charge in [-0.05, 0) is 77.0 Å². The van der Waals surface area contributed by atoms with Crippen molar-refractivity contribution in [3.8, 4) is 0 Å². The zero-order chi connectivity index (χ0) is 53.6. The van der Waals surface area contributed by atoms with Crippen LogP contribution in [0.1, 0.15) is 361 Å². The van der Waals surface area contributed by atoms with Crippen molar-refractivity contribution in [2.24, 2.45) is 0 Å². The van der Waals surface area contributed by atoms with Crippen LogP contribution < -0.4 is 5.32 Å². The second kappa shape index (κ2) is 63.6. The highest BCUT2D eigenvalue weighted by Gasteiger charge is 2.20. The Balaban J connectivity index is 3.42. The Morgan fingerprint density at radius 2 is 0.703 bits per heavy atom. The Labute approximate surface area is 462 Å². The molecule has 0 aromatic carbocycles. The standard InChI is InChI=1S/C68H129NO5/c1-3-5-7-9-11-13-15-17-18-19-20-24-27-30-33-37-40-44-48-52-56-60-66(71)65(64-70)69-67(72)61-57-53-49-45-41-38-34-31-28-25-22-21-23-26-29-32-35-39-43-47-51-55-59-63-74-68(73)62-58-54-50-46-42-36-16-14-12-10-8-6-4-2/h8,10,14,16,25,28,65-66,70-71H,3-7,9,11-13,15,17-24,26-27,29-64H2,1-2H3,(H,69,72)/b10-8-,16-14-,28-25-. The molecule has 0 aromatic heterocycles. The molecule has 1 amide bonds. The zero-order valence-electron chi connectivity index (χ0n) is 49.8. The minimum absolute atomic E-state index is 0.00352. The number of unbranched alkanes of at least 4 members (excludes halogenated alkanes) is 45. The van der Waals surface area contributed by atoms with Gasteiger partial charge in [0.15, 0.2) is 0 Å². The van der Waals surface area contributed by atoms with Gasteiger partial charge in [0, 0.05) is 12.8 Å². The molecular formula is C68H129NO5. The fraction of sp³-hybridized carbons (Fsp3) is 0.882. The van der Waals surface area contributed by atoms with E-state index in [1.807, 2.05) is 0 Å².